The van der Waals surface area contributed by atoms with E-state index in [-0.39, 0.29) is 23.7 Å². The number of rotatable bonds is 6. The van der Waals surface area contributed by atoms with Crippen LogP contribution in [-0.2, 0) is 19.1 Å². The van der Waals surface area contributed by atoms with Crippen molar-refractivity contribution in [3.8, 4) is 0 Å². The standard InChI is InChI=1S/C29H35N3O4/c1-19(2)23(29(28(35)36-4)17-11-6-12-18-29)26(33)31-25-27(34)32(3)22-16-10-9-15-21(22)24(30-25)20-13-7-5-8-14-20/h5,7-10,13-16,19,23,25H,6,11-12,17-18H2,1-4H3,(H,31,33). The predicted molar refractivity (Wildman–Crippen MR) is 140 cm³/mol. The van der Waals surface area contributed by atoms with Crippen LogP contribution < -0.4 is 10.2 Å². The molecule has 0 aromatic heterocycles. The van der Waals surface area contributed by atoms with Crippen LogP contribution in [-0.4, -0.2) is 43.8 Å². The van der Waals surface area contributed by atoms with Crippen LogP contribution in [0.2, 0.25) is 0 Å². The smallest absolute Gasteiger partial charge is 0.312 e. The van der Waals surface area contributed by atoms with Gasteiger partial charge in [-0.1, -0.05) is 81.6 Å². The maximum absolute atomic E-state index is 13.9. The summed E-state index contributed by atoms with van der Waals surface area (Å²) in [5.41, 5.74) is 2.12. The Balaban J connectivity index is 1.75. The second-order valence-electron chi connectivity index (χ2n) is 10.1. The number of carbonyl (C=O) groups is 3. The lowest BCUT2D eigenvalue weighted by atomic mass is 9.62. The van der Waals surface area contributed by atoms with Crippen molar-refractivity contribution in [3.63, 3.8) is 0 Å². The summed E-state index contributed by atoms with van der Waals surface area (Å²) in [7, 11) is 3.08. The molecule has 1 saturated carbocycles. The Labute approximate surface area is 212 Å². The van der Waals surface area contributed by atoms with Crippen molar-refractivity contribution < 1.29 is 19.1 Å². The molecule has 1 aliphatic heterocycles. The minimum absolute atomic E-state index is 0.129. The first-order valence-electron chi connectivity index (χ1n) is 12.7. The van der Waals surface area contributed by atoms with Gasteiger partial charge in [0.2, 0.25) is 12.1 Å². The van der Waals surface area contributed by atoms with Gasteiger partial charge in [0.25, 0.3) is 5.91 Å². The lowest BCUT2D eigenvalue weighted by Crippen LogP contribution is -2.54. The van der Waals surface area contributed by atoms with E-state index in [9.17, 15) is 14.4 Å². The van der Waals surface area contributed by atoms with Crippen LogP contribution in [0.4, 0.5) is 5.69 Å². The predicted octanol–water partition coefficient (Wildman–Crippen LogP) is 4.34. The Hall–Kier alpha value is -3.48. The number of methoxy groups -OCH3 is 1. The van der Waals surface area contributed by atoms with E-state index in [1.165, 1.54) is 7.11 Å². The fraction of sp³-hybridized carbons (Fsp3) is 0.448. The van der Waals surface area contributed by atoms with E-state index in [1.807, 2.05) is 68.4 Å². The Morgan fingerprint density at radius 1 is 1.03 bits per heavy atom. The number of benzene rings is 2. The first-order valence-corrected chi connectivity index (χ1v) is 12.7. The van der Waals surface area contributed by atoms with Crippen molar-refractivity contribution in [3.05, 3.63) is 65.7 Å². The third-order valence-electron chi connectivity index (χ3n) is 7.55. The number of ether oxygens (including phenoxy) is 1. The molecule has 1 fully saturated rings. The number of hydrogen-bond donors (Lipinski definition) is 1. The van der Waals surface area contributed by atoms with E-state index >= 15 is 0 Å². The zero-order chi connectivity index (χ0) is 25.9. The van der Waals surface area contributed by atoms with Gasteiger partial charge in [-0.05, 0) is 24.8 Å². The molecule has 2 unspecified atom stereocenters. The van der Waals surface area contributed by atoms with Crippen LogP contribution in [0, 0.1) is 17.3 Å². The molecular weight excluding hydrogens is 454 g/mol. The third kappa shape index (κ3) is 4.66. The van der Waals surface area contributed by atoms with Gasteiger partial charge in [-0.3, -0.25) is 14.4 Å². The summed E-state index contributed by atoms with van der Waals surface area (Å²) >= 11 is 0. The molecule has 0 spiro atoms. The van der Waals surface area contributed by atoms with Gasteiger partial charge in [-0.15, -0.1) is 0 Å². The van der Waals surface area contributed by atoms with Gasteiger partial charge >= 0.3 is 5.97 Å². The van der Waals surface area contributed by atoms with Crippen molar-refractivity contribution in [2.45, 2.75) is 52.1 Å². The lowest BCUT2D eigenvalue weighted by Gasteiger charge is -2.42. The molecular formula is C29H35N3O4. The molecule has 0 bridgehead atoms. The average Bonchev–Trinajstić information content (AvgIpc) is 2.99. The number of likely N-dealkylation sites (N-methyl/N-ethyl adjacent to an activating group) is 1. The number of esters is 1. The molecule has 1 aliphatic carbocycles. The topological polar surface area (TPSA) is 88.1 Å². The first kappa shape index (κ1) is 25.6. The molecule has 2 atom stereocenters. The normalized spacial score (nSPS) is 20.1. The third-order valence-corrected chi connectivity index (χ3v) is 7.55. The Morgan fingerprint density at radius 3 is 2.31 bits per heavy atom. The Morgan fingerprint density at radius 2 is 1.67 bits per heavy atom. The highest BCUT2D eigenvalue weighted by Gasteiger charge is 2.52. The minimum Gasteiger partial charge on any atom is -0.469 e. The molecule has 0 radical (unpaired) electrons. The van der Waals surface area contributed by atoms with Crippen LogP contribution in [0.5, 0.6) is 0 Å². The summed E-state index contributed by atoms with van der Waals surface area (Å²) in [6.07, 6.45) is 2.83. The van der Waals surface area contributed by atoms with Crippen molar-refractivity contribution in [1.29, 1.82) is 0 Å². The lowest BCUT2D eigenvalue weighted by molar-refractivity contribution is -0.165. The van der Waals surface area contributed by atoms with E-state index in [4.69, 9.17) is 9.73 Å². The zero-order valence-electron chi connectivity index (χ0n) is 21.5. The number of hydrogen-bond acceptors (Lipinski definition) is 5. The number of benzodiazepines with no additional fused rings is 1. The second kappa shape index (κ2) is 10.6. The van der Waals surface area contributed by atoms with Crippen molar-refractivity contribution >= 4 is 29.2 Å². The highest BCUT2D eigenvalue weighted by atomic mass is 16.5. The van der Waals surface area contributed by atoms with Crippen LogP contribution in [0.25, 0.3) is 0 Å². The largest absolute Gasteiger partial charge is 0.469 e. The fourth-order valence-electron chi connectivity index (χ4n) is 5.89. The van der Waals surface area contributed by atoms with Gasteiger partial charge in [0.1, 0.15) is 0 Å². The molecule has 1 heterocycles. The Kier molecular flexibility index (Phi) is 7.57. The van der Waals surface area contributed by atoms with Crippen LogP contribution >= 0.6 is 0 Å². The molecule has 7 nitrogen and oxygen atoms in total. The van der Waals surface area contributed by atoms with E-state index in [1.54, 1.807) is 11.9 Å². The van der Waals surface area contributed by atoms with Crippen LogP contribution in [0.1, 0.15) is 57.1 Å². The number of carbonyl (C=O) groups excluding carboxylic acids is 3. The van der Waals surface area contributed by atoms with Gasteiger partial charge < -0.3 is 15.0 Å². The SMILES string of the molecule is COC(=O)C1(C(C(=O)NC2N=C(c3ccccc3)c3ccccc3N(C)C2=O)C(C)C)CCCCC1. The maximum atomic E-state index is 13.9. The molecule has 2 amide bonds. The monoisotopic (exact) mass is 489 g/mol. The molecule has 2 aliphatic rings. The molecule has 1 N–H and O–H groups in total. The van der Waals surface area contributed by atoms with E-state index in [2.05, 4.69) is 5.32 Å². The average molecular weight is 490 g/mol. The van der Waals surface area contributed by atoms with Gasteiger partial charge in [0, 0.05) is 18.2 Å². The summed E-state index contributed by atoms with van der Waals surface area (Å²) in [6, 6.07) is 17.2. The molecule has 2 aromatic rings. The summed E-state index contributed by atoms with van der Waals surface area (Å²) in [4.78, 5) is 46.9. The highest BCUT2D eigenvalue weighted by Crippen LogP contribution is 2.47. The number of fused-ring (bicyclic) bond motifs is 1. The minimum atomic E-state index is -1.12. The van der Waals surface area contributed by atoms with Gasteiger partial charge in [0.15, 0.2) is 0 Å². The molecule has 2 aromatic carbocycles. The number of nitrogens with one attached hydrogen (secondary N) is 1. The summed E-state index contributed by atoms with van der Waals surface area (Å²) in [6.45, 7) is 3.89. The van der Waals surface area contributed by atoms with E-state index in [0.717, 1.165) is 36.1 Å². The van der Waals surface area contributed by atoms with Gasteiger partial charge in [0.05, 0.1) is 29.8 Å². The quantitative estimate of drug-likeness (QED) is 0.612. The zero-order valence-corrected chi connectivity index (χ0v) is 21.5. The maximum Gasteiger partial charge on any atom is 0.312 e. The fourth-order valence-corrected chi connectivity index (χ4v) is 5.89. The van der Waals surface area contributed by atoms with Crippen LogP contribution in [0.3, 0.4) is 0 Å². The first-order chi connectivity index (χ1) is 17.3. The highest BCUT2D eigenvalue weighted by molar-refractivity contribution is 6.20. The summed E-state index contributed by atoms with van der Waals surface area (Å²) in [5, 5.41) is 2.93. The Bertz CT molecular complexity index is 1150. The van der Waals surface area contributed by atoms with Gasteiger partial charge in [-0.25, -0.2) is 4.99 Å². The van der Waals surface area contributed by atoms with Crippen molar-refractivity contribution in [2.24, 2.45) is 22.2 Å². The number of nitrogens with zero attached hydrogens (tertiary/aromatic N) is 2. The van der Waals surface area contributed by atoms with E-state index in [0.29, 0.717) is 18.6 Å². The molecule has 4 rings (SSSR count). The van der Waals surface area contributed by atoms with E-state index < -0.39 is 17.5 Å². The molecule has 190 valence electrons. The number of anilines is 1. The number of aliphatic imine (C=N–C) groups is 1. The molecule has 36 heavy (non-hydrogen) atoms. The summed E-state index contributed by atoms with van der Waals surface area (Å²) < 4.78 is 5.22. The van der Waals surface area contributed by atoms with Crippen molar-refractivity contribution in [1.82, 2.24) is 5.32 Å². The number of amides is 2. The number of para-hydroxylation sites is 1. The second-order valence-corrected chi connectivity index (χ2v) is 10.1. The van der Waals surface area contributed by atoms with Crippen LogP contribution in [0.15, 0.2) is 59.6 Å². The van der Waals surface area contributed by atoms with Gasteiger partial charge in [-0.2, -0.15) is 0 Å². The van der Waals surface area contributed by atoms with Crippen molar-refractivity contribution in [2.75, 3.05) is 19.1 Å². The molecule has 0 saturated heterocycles. The molecule has 7 heteroatoms. The summed E-state index contributed by atoms with van der Waals surface area (Å²) in [5.74, 6) is -1.78.